The number of benzene rings is 1. The largest absolute Gasteiger partial charge is 0.329 e. The van der Waals surface area contributed by atoms with Gasteiger partial charge in [-0.2, -0.15) is 5.10 Å². The number of rotatable bonds is 1. The number of urea groups is 1. The minimum absolute atomic E-state index is 0.239. The summed E-state index contributed by atoms with van der Waals surface area (Å²) in [7, 11) is 1.85. The minimum atomic E-state index is -0.406. The molecule has 0 radical (unpaired) electrons. The Balaban J connectivity index is 0.000000774. The van der Waals surface area contributed by atoms with Crippen LogP contribution in [0.3, 0.4) is 0 Å². The number of amides is 3. The van der Waals surface area contributed by atoms with Crippen molar-refractivity contribution < 1.29 is 9.59 Å². The lowest BCUT2D eigenvalue weighted by atomic mass is 10.1. The number of carbonyl (C=O) groups excluding carboxylic acids is 2. The van der Waals surface area contributed by atoms with Crippen molar-refractivity contribution in [3.63, 3.8) is 0 Å². The molecule has 0 spiro atoms. The summed E-state index contributed by atoms with van der Waals surface area (Å²) in [5, 5.41) is 7.63. The molecule has 2 aromatic rings. The zero-order chi connectivity index (χ0) is 15.6. The first kappa shape index (κ1) is 15.0. The molecule has 2 heterocycles. The van der Waals surface area contributed by atoms with Gasteiger partial charge in [-0.3, -0.25) is 19.7 Å². The summed E-state index contributed by atoms with van der Waals surface area (Å²) >= 11 is 0. The van der Waals surface area contributed by atoms with Crippen molar-refractivity contribution in [1.29, 1.82) is 0 Å². The first-order chi connectivity index (χ1) is 10.1. The topological polar surface area (TPSA) is 67.2 Å². The molecule has 21 heavy (non-hydrogen) atoms. The lowest BCUT2D eigenvalue weighted by Gasteiger charge is -2.24. The van der Waals surface area contributed by atoms with Crippen LogP contribution in [0.15, 0.2) is 18.2 Å². The molecule has 3 amide bonds. The molecule has 0 atom stereocenters. The Kier molecular flexibility index (Phi) is 4.26. The van der Waals surface area contributed by atoms with Crippen LogP contribution in [-0.2, 0) is 11.8 Å². The highest BCUT2D eigenvalue weighted by Crippen LogP contribution is 2.27. The molecule has 1 aliphatic rings. The van der Waals surface area contributed by atoms with E-state index in [1.165, 1.54) is 4.90 Å². The molecule has 0 bridgehead atoms. The molecule has 6 heteroatoms. The van der Waals surface area contributed by atoms with Crippen LogP contribution in [0, 0.1) is 6.92 Å². The van der Waals surface area contributed by atoms with Crippen LogP contribution >= 0.6 is 0 Å². The predicted molar refractivity (Wildman–Crippen MR) is 82.3 cm³/mol. The number of aryl methyl sites for hydroxylation is 2. The van der Waals surface area contributed by atoms with Crippen LogP contribution < -0.4 is 10.2 Å². The fourth-order valence-electron chi connectivity index (χ4n) is 2.31. The molecule has 0 aliphatic carbocycles. The first-order valence-electron chi connectivity index (χ1n) is 7.11. The molecule has 1 aromatic carbocycles. The summed E-state index contributed by atoms with van der Waals surface area (Å²) < 4.78 is 1.75. The Bertz CT molecular complexity index is 690. The van der Waals surface area contributed by atoms with E-state index in [0.29, 0.717) is 18.8 Å². The van der Waals surface area contributed by atoms with Gasteiger partial charge in [0.15, 0.2) is 5.82 Å². The van der Waals surface area contributed by atoms with E-state index < -0.39 is 6.03 Å². The monoisotopic (exact) mass is 288 g/mol. The maximum atomic E-state index is 11.9. The van der Waals surface area contributed by atoms with E-state index in [1.807, 2.05) is 46.0 Å². The highest BCUT2D eigenvalue weighted by atomic mass is 16.2. The number of imide groups is 1. The van der Waals surface area contributed by atoms with Crippen LogP contribution in [-0.4, -0.2) is 28.3 Å². The zero-order valence-electron chi connectivity index (χ0n) is 12.8. The Morgan fingerprint density at radius 1 is 1.24 bits per heavy atom. The van der Waals surface area contributed by atoms with Crippen molar-refractivity contribution >= 4 is 28.7 Å². The first-order valence-corrected chi connectivity index (χ1v) is 7.11. The number of nitrogens with one attached hydrogen (secondary N) is 1. The van der Waals surface area contributed by atoms with E-state index >= 15 is 0 Å². The second-order valence-electron chi connectivity index (χ2n) is 4.72. The standard InChI is InChI=1S/C13H14N4O2.C2H6/c1-8-3-4-9-10(7-8)16(2)15-12(9)17-6-5-11(18)14-13(17)19;1-2/h3-4,7H,5-6H2,1-2H3,(H,14,18,19);1-2H3. The van der Waals surface area contributed by atoms with Gasteiger partial charge < -0.3 is 0 Å². The van der Waals surface area contributed by atoms with E-state index in [2.05, 4.69) is 10.4 Å². The van der Waals surface area contributed by atoms with Crippen molar-refractivity contribution in [1.82, 2.24) is 15.1 Å². The van der Waals surface area contributed by atoms with Crippen molar-refractivity contribution in [2.75, 3.05) is 11.4 Å². The quantitative estimate of drug-likeness (QED) is 0.876. The Morgan fingerprint density at radius 2 is 1.95 bits per heavy atom. The number of aromatic nitrogens is 2. The second-order valence-corrected chi connectivity index (χ2v) is 4.72. The highest BCUT2D eigenvalue weighted by Gasteiger charge is 2.27. The molecule has 3 rings (SSSR count). The predicted octanol–water partition coefficient (Wildman–Crippen LogP) is 2.35. The molecular formula is C15H20N4O2. The van der Waals surface area contributed by atoms with E-state index in [4.69, 9.17) is 0 Å². The average Bonchev–Trinajstić information content (AvgIpc) is 2.78. The zero-order valence-corrected chi connectivity index (χ0v) is 12.8. The Hall–Kier alpha value is -2.37. The van der Waals surface area contributed by atoms with E-state index in [1.54, 1.807) is 4.68 Å². The van der Waals surface area contributed by atoms with Gasteiger partial charge >= 0.3 is 6.03 Å². The summed E-state index contributed by atoms with van der Waals surface area (Å²) in [5.74, 6) is 0.361. The van der Waals surface area contributed by atoms with Crippen LogP contribution in [0.5, 0.6) is 0 Å². The van der Waals surface area contributed by atoms with Gasteiger partial charge in [-0.1, -0.05) is 19.9 Å². The minimum Gasteiger partial charge on any atom is -0.278 e. The molecule has 1 N–H and O–H groups in total. The maximum Gasteiger partial charge on any atom is 0.329 e. The molecule has 6 nitrogen and oxygen atoms in total. The normalized spacial score (nSPS) is 14.8. The summed E-state index contributed by atoms with van der Waals surface area (Å²) in [4.78, 5) is 24.6. The summed E-state index contributed by atoms with van der Waals surface area (Å²) in [6, 6.07) is 5.56. The number of anilines is 1. The van der Waals surface area contributed by atoms with Crippen molar-refractivity contribution in [3.05, 3.63) is 23.8 Å². The van der Waals surface area contributed by atoms with Gasteiger partial charge in [0.1, 0.15) is 0 Å². The molecule has 1 aliphatic heterocycles. The van der Waals surface area contributed by atoms with Crippen molar-refractivity contribution in [2.24, 2.45) is 7.05 Å². The van der Waals surface area contributed by atoms with Gasteiger partial charge in [0.05, 0.1) is 5.52 Å². The van der Waals surface area contributed by atoms with Gasteiger partial charge in [-0.25, -0.2) is 4.79 Å². The van der Waals surface area contributed by atoms with Crippen LogP contribution in [0.4, 0.5) is 10.6 Å². The number of hydrogen-bond donors (Lipinski definition) is 1. The average molecular weight is 288 g/mol. The molecule has 0 saturated carbocycles. The number of fused-ring (bicyclic) bond motifs is 1. The third-order valence-corrected chi connectivity index (χ3v) is 3.30. The molecule has 0 unspecified atom stereocenters. The summed E-state index contributed by atoms with van der Waals surface area (Å²) in [6.07, 6.45) is 0.301. The third kappa shape index (κ3) is 2.74. The van der Waals surface area contributed by atoms with E-state index in [0.717, 1.165) is 16.5 Å². The Labute approximate surface area is 123 Å². The third-order valence-electron chi connectivity index (χ3n) is 3.30. The maximum absolute atomic E-state index is 11.9. The van der Waals surface area contributed by atoms with Gasteiger partial charge in [0.2, 0.25) is 5.91 Å². The molecule has 112 valence electrons. The van der Waals surface area contributed by atoms with Crippen LogP contribution in [0.1, 0.15) is 25.8 Å². The summed E-state index contributed by atoms with van der Waals surface area (Å²) in [5.41, 5.74) is 2.11. The van der Waals surface area contributed by atoms with Crippen LogP contribution in [0.25, 0.3) is 10.9 Å². The smallest absolute Gasteiger partial charge is 0.278 e. The SMILES string of the molecule is CC.Cc1ccc2c(N3CCC(=O)NC3=O)nn(C)c2c1. The fourth-order valence-corrected chi connectivity index (χ4v) is 2.31. The highest BCUT2D eigenvalue weighted by molar-refractivity contribution is 6.08. The van der Waals surface area contributed by atoms with Gasteiger partial charge in [0, 0.05) is 25.4 Å². The molecule has 1 aromatic heterocycles. The number of nitrogens with zero attached hydrogens (tertiary/aromatic N) is 3. The molecule has 1 fully saturated rings. The molecule has 1 saturated heterocycles. The summed E-state index contributed by atoms with van der Waals surface area (Å²) in [6.45, 7) is 6.38. The number of carbonyl (C=O) groups is 2. The van der Waals surface area contributed by atoms with Crippen molar-refractivity contribution in [3.8, 4) is 0 Å². The van der Waals surface area contributed by atoms with Crippen molar-refractivity contribution in [2.45, 2.75) is 27.2 Å². The molecular weight excluding hydrogens is 268 g/mol. The van der Waals surface area contributed by atoms with Gasteiger partial charge in [-0.15, -0.1) is 0 Å². The lowest BCUT2D eigenvalue weighted by Crippen LogP contribution is -2.49. The van der Waals surface area contributed by atoms with Gasteiger partial charge in [-0.05, 0) is 24.6 Å². The van der Waals surface area contributed by atoms with Gasteiger partial charge in [0.25, 0.3) is 0 Å². The number of hydrogen-bond acceptors (Lipinski definition) is 3. The van der Waals surface area contributed by atoms with E-state index in [9.17, 15) is 9.59 Å². The lowest BCUT2D eigenvalue weighted by molar-refractivity contribution is -0.120. The fraction of sp³-hybridized carbons (Fsp3) is 0.400. The van der Waals surface area contributed by atoms with E-state index in [-0.39, 0.29) is 5.91 Å². The Morgan fingerprint density at radius 3 is 2.62 bits per heavy atom. The second kappa shape index (κ2) is 5.95. The van der Waals surface area contributed by atoms with Crippen LogP contribution in [0.2, 0.25) is 0 Å².